The molecule has 0 fully saturated rings. The molecule has 1 N–H and O–H groups in total. The summed E-state index contributed by atoms with van der Waals surface area (Å²) in [5.74, 6) is 0.0197. The average molecular weight is 389 g/mol. The summed E-state index contributed by atoms with van der Waals surface area (Å²) in [6, 6.07) is 11.0. The first-order valence-electron chi connectivity index (χ1n) is 9.73. The molecule has 29 heavy (non-hydrogen) atoms. The van der Waals surface area contributed by atoms with Crippen molar-refractivity contribution in [3.05, 3.63) is 76.0 Å². The molecule has 1 aromatic carbocycles. The highest BCUT2D eigenvalue weighted by molar-refractivity contribution is 5.97. The Hall–Kier alpha value is -3.48. The van der Waals surface area contributed by atoms with Gasteiger partial charge in [-0.3, -0.25) is 14.6 Å². The SMILES string of the molecule is CCn1c(=O)c2cc(C(C)C)nn2c2ccc(C(=O)NCc3cccnc3)cc21. The van der Waals surface area contributed by atoms with Crippen LogP contribution >= 0.6 is 0 Å². The molecule has 4 aromatic rings. The zero-order valence-corrected chi connectivity index (χ0v) is 16.7. The number of carbonyl (C=O) groups excluding carboxylic acids is 1. The molecule has 0 saturated heterocycles. The molecule has 4 rings (SSSR count). The van der Waals surface area contributed by atoms with Gasteiger partial charge in [-0.05, 0) is 48.7 Å². The van der Waals surface area contributed by atoms with Crippen molar-refractivity contribution in [3.8, 4) is 0 Å². The number of aromatic nitrogens is 4. The van der Waals surface area contributed by atoms with Crippen molar-refractivity contribution in [3.63, 3.8) is 0 Å². The maximum atomic E-state index is 13.0. The van der Waals surface area contributed by atoms with E-state index in [0.29, 0.717) is 29.7 Å². The molecule has 0 aliphatic rings. The standard InChI is InChI=1S/C22H23N5O2/c1-4-26-19-10-16(21(28)24-13-15-6-5-9-23-12-15)7-8-18(19)27-20(22(26)29)11-17(25-27)14(2)3/h5-12,14H,4,13H2,1-3H3,(H,24,28). The summed E-state index contributed by atoms with van der Waals surface area (Å²) in [4.78, 5) is 29.7. The number of nitrogens with zero attached hydrogens (tertiary/aromatic N) is 4. The second-order valence-electron chi connectivity index (χ2n) is 7.32. The number of rotatable bonds is 5. The molecule has 1 amide bonds. The van der Waals surface area contributed by atoms with E-state index in [9.17, 15) is 9.59 Å². The van der Waals surface area contributed by atoms with Crippen LogP contribution in [0, 0.1) is 0 Å². The fourth-order valence-corrected chi connectivity index (χ4v) is 3.43. The zero-order valence-electron chi connectivity index (χ0n) is 16.7. The lowest BCUT2D eigenvalue weighted by atomic mass is 10.1. The Morgan fingerprint density at radius 3 is 2.66 bits per heavy atom. The first-order valence-corrected chi connectivity index (χ1v) is 9.73. The summed E-state index contributed by atoms with van der Waals surface area (Å²) in [6.07, 6.45) is 3.41. The third-order valence-electron chi connectivity index (χ3n) is 5.03. The predicted octanol–water partition coefficient (Wildman–Crippen LogP) is 3.12. The molecule has 148 valence electrons. The summed E-state index contributed by atoms with van der Waals surface area (Å²) >= 11 is 0. The minimum absolute atomic E-state index is 0.104. The van der Waals surface area contributed by atoms with Crippen molar-refractivity contribution in [2.75, 3.05) is 0 Å². The van der Waals surface area contributed by atoms with Gasteiger partial charge in [0.1, 0.15) is 5.52 Å². The van der Waals surface area contributed by atoms with E-state index in [1.807, 2.05) is 45.0 Å². The van der Waals surface area contributed by atoms with E-state index >= 15 is 0 Å². The van der Waals surface area contributed by atoms with Crippen molar-refractivity contribution in [1.29, 1.82) is 0 Å². The maximum Gasteiger partial charge on any atom is 0.277 e. The van der Waals surface area contributed by atoms with Gasteiger partial charge in [0.05, 0.1) is 16.7 Å². The predicted molar refractivity (Wildman–Crippen MR) is 112 cm³/mol. The smallest absolute Gasteiger partial charge is 0.277 e. The molecule has 0 radical (unpaired) electrons. The second kappa shape index (κ2) is 7.50. The molecule has 7 heteroatoms. The van der Waals surface area contributed by atoms with E-state index in [4.69, 9.17) is 0 Å². The zero-order chi connectivity index (χ0) is 20.5. The molecule has 0 unspecified atom stereocenters. The van der Waals surface area contributed by atoms with E-state index in [1.165, 1.54) is 0 Å². The minimum atomic E-state index is -0.200. The Kier molecular flexibility index (Phi) is 4.88. The normalized spacial score (nSPS) is 11.4. The Morgan fingerprint density at radius 1 is 1.14 bits per heavy atom. The summed E-state index contributed by atoms with van der Waals surface area (Å²) in [6.45, 7) is 6.92. The number of aryl methyl sites for hydroxylation is 1. The van der Waals surface area contributed by atoms with Crippen LogP contribution in [0.5, 0.6) is 0 Å². The molecule has 3 heterocycles. The average Bonchev–Trinajstić information content (AvgIpc) is 3.19. The number of benzene rings is 1. The molecular formula is C22H23N5O2. The van der Waals surface area contributed by atoms with Gasteiger partial charge in [-0.1, -0.05) is 19.9 Å². The van der Waals surface area contributed by atoms with Crippen molar-refractivity contribution in [2.24, 2.45) is 0 Å². The summed E-state index contributed by atoms with van der Waals surface area (Å²) in [5.41, 5.74) is 4.24. The van der Waals surface area contributed by atoms with Gasteiger partial charge < -0.3 is 9.88 Å². The second-order valence-corrected chi connectivity index (χ2v) is 7.32. The van der Waals surface area contributed by atoms with Gasteiger partial charge >= 0.3 is 0 Å². The quantitative estimate of drug-likeness (QED) is 0.569. The van der Waals surface area contributed by atoms with Crippen molar-refractivity contribution < 1.29 is 4.79 Å². The third-order valence-corrected chi connectivity index (χ3v) is 5.03. The molecular weight excluding hydrogens is 366 g/mol. The van der Waals surface area contributed by atoms with Gasteiger partial charge in [0.25, 0.3) is 11.5 Å². The van der Waals surface area contributed by atoms with E-state index in [0.717, 1.165) is 16.8 Å². The molecule has 0 spiro atoms. The number of fused-ring (bicyclic) bond motifs is 3. The van der Waals surface area contributed by atoms with E-state index in [2.05, 4.69) is 15.4 Å². The van der Waals surface area contributed by atoms with Crippen LogP contribution in [0.4, 0.5) is 0 Å². The highest BCUT2D eigenvalue weighted by atomic mass is 16.1. The monoisotopic (exact) mass is 389 g/mol. The van der Waals surface area contributed by atoms with E-state index in [1.54, 1.807) is 33.6 Å². The lowest BCUT2D eigenvalue weighted by Crippen LogP contribution is -2.25. The Labute approximate surface area is 168 Å². The molecule has 0 aliphatic heterocycles. The van der Waals surface area contributed by atoms with Crippen LogP contribution in [0.2, 0.25) is 0 Å². The topological polar surface area (TPSA) is 81.3 Å². The number of hydrogen-bond donors (Lipinski definition) is 1. The van der Waals surface area contributed by atoms with Crippen LogP contribution < -0.4 is 10.9 Å². The lowest BCUT2D eigenvalue weighted by Gasteiger charge is -2.12. The fraction of sp³-hybridized carbons (Fsp3) is 0.273. The van der Waals surface area contributed by atoms with Crippen LogP contribution in [0.3, 0.4) is 0 Å². The van der Waals surface area contributed by atoms with Crippen molar-refractivity contribution >= 4 is 22.5 Å². The van der Waals surface area contributed by atoms with Gasteiger partial charge in [0.15, 0.2) is 0 Å². The third kappa shape index (κ3) is 3.40. The number of pyridine rings is 1. The van der Waals surface area contributed by atoms with Crippen LogP contribution in [0.15, 0.2) is 53.6 Å². The first kappa shape index (κ1) is 18.9. The van der Waals surface area contributed by atoms with Crippen molar-refractivity contribution in [1.82, 2.24) is 24.5 Å². The fourth-order valence-electron chi connectivity index (χ4n) is 3.43. The van der Waals surface area contributed by atoms with Crippen LogP contribution in [0.1, 0.15) is 48.3 Å². The van der Waals surface area contributed by atoms with Crippen LogP contribution in [-0.4, -0.2) is 25.1 Å². The van der Waals surface area contributed by atoms with Gasteiger partial charge in [0, 0.05) is 31.0 Å². The maximum absolute atomic E-state index is 13.0. The van der Waals surface area contributed by atoms with E-state index in [-0.39, 0.29) is 17.4 Å². The highest BCUT2D eigenvalue weighted by Crippen LogP contribution is 2.20. The van der Waals surface area contributed by atoms with Gasteiger partial charge in [0.2, 0.25) is 0 Å². The highest BCUT2D eigenvalue weighted by Gasteiger charge is 2.16. The number of amides is 1. The Balaban J connectivity index is 1.77. The van der Waals surface area contributed by atoms with Crippen LogP contribution in [-0.2, 0) is 13.1 Å². The molecule has 0 bridgehead atoms. The Morgan fingerprint density at radius 2 is 1.97 bits per heavy atom. The first-order chi connectivity index (χ1) is 14.0. The largest absolute Gasteiger partial charge is 0.348 e. The van der Waals surface area contributed by atoms with Gasteiger partial charge in [-0.15, -0.1) is 0 Å². The summed E-state index contributed by atoms with van der Waals surface area (Å²) in [7, 11) is 0. The molecule has 0 atom stereocenters. The molecule has 0 aliphatic carbocycles. The van der Waals surface area contributed by atoms with Gasteiger partial charge in [-0.25, -0.2) is 4.52 Å². The summed E-state index contributed by atoms with van der Waals surface area (Å²) < 4.78 is 3.38. The van der Waals surface area contributed by atoms with Crippen LogP contribution in [0.25, 0.3) is 16.6 Å². The van der Waals surface area contributed by atoms with Crippen molar-refractivity contribution in [2.45, 2.75) is 39.8 Å². The molecule has 3 aromatic heterocycles. The number of nitrogens with one attached hydrogen (secondary N) is 1. The number of carbonyl (C=O) groups is 1. The van der Waals surface area contributed by atoms with E-state index < -0.39 is 0 Å². The summed E-state index contributed by atoms with van der Waals surface area (Å²) in [5, 5.41) is 7.52. The Bertz CT molecular complexity index is 1260. The molecule has 0 saturated carbocycles. The molecule has 7 nitrogen and oxygen atoms in total. The van der Waals surface area contributed by atoms with Gasteiger partial charge in [-0.2, -0.15) is 5.10 Å². The minimum Gasteiger partial charge on any atom is -0.348 e. The lowest BCUT2D eigenvalue weighted by molar-refractivity contribution is 0.0951. The number of hydrogen-bond acceptors (Lipinski definition) is 4.